The van der Waals surface area contributed by atoms with Gasteiger partial charge >= 0.3 is 6.03 Å². The van der Waals surface area contributed by atoms with Crippen molar-refractivity contribution < 1.29 is 9.18 Å². The summed E-state index contributed by atoms with van der Waals surface area (Å²) in [5.41, 5.74) is 2.88. The lowest BCUT2D eigenvalue weighted by molar-refractivity contribution is 0.222. The fourth-order valence-electron chi connectivity index (χ4n) is 3.36. The normalized spacial score (nSPS) is 13.5. The molecular weight excluding hydrogens is 508 g/mol. The highest BCUT2D eigenvalue weighted by Gasteiger charge is 2.17. The second-order valence-corrected chi connectivity index (χ2v) is 7.32. The number of rotatable bonds is 7. The van der Waals surface area contributed by atoms with Gasteiger partial charge in [-0.15, -0.1) is 24.0 Å². The summed E-state index contributed by atoms with van der Waals surface area (Å²) in [6, 6.07) is 14.3. The van der Waals surface area contributed by atoms with E-state index < -0.39 is 0 Å². The SMILES string of the molecule is CCNC(=NCc1cccc(NC(=O)N2CCCC2)c1)NCCc1ccc(F)cc1.I. The van der Waals surface area contributed by atoms with Crippen LogP contribution in [0.4, 0.5) is 14.9 Å². The monoisotopic (exact) mass is 539 g/mol. The Bertz CT molecular complexity index is 853. The van der Waals surface area contributed by atoms with Crippen LogP contribution < -0.4 is 16.0 Å². The molecule has 0 radical (unpaired) electrons. The molecule has 0 saturated carbocycles. The van der Waals surface area contributed by atoms with Crippen molar-refractivity contribution in [2.45, 2.75) is 32.7 Å². The topological polar surface area (TPSA) is 68.8 Å². The summed E-state index contributed by atoms with van der Waals surface area (Å²) in [6.07, 6.45) is 2.93. The lowest BCUT2D eigenvalue weighted by Crippen LogP contribution is -2.38. The van der Waals surface area contributed by atoms with E-state index >= 15 is 0 Å². The zero-order valence-corrected chi connectivity index (χ0v) is 20.2. The quantitative estimate of drug-likeness (QED) is 0.278. The predicted octanol–water partition coefficient (Wildman–Crippen LogP) is 4.37. The van der Waals surface area contributed by atoms with E-state index in [1.807, 2.05) is 36.1 Å². The second-order valence-electron chi connectivity index (χ2n) is 7.32. The number of nitrogens with zero attached hydrogens (tertiary/aromatic N) is 2. The van der Waals surface area contributed by atoms with Crippen molar-refractivity contribution in [3.8, 4) is 0 Å². The number of hydrogen-bond acceptors (Lipinski definition) is 2. The van der Waals surface area contributed by atoms with Crippen LogP contribution in [0.1, 0.15) is 30.9 Å². The van der Waals surface area contributed by atoms with Crippen molar-refractivity contribution in [1.29, 1.82) is 0 Å². The molecule has 3 rings (SSSR count). The van der Waals surface area contributed by atoms with Gasteiger partial charge in [0.25, 0.3) is 0 Å². The maximum absolute atomic E-state index is 13.0. The number of anilines is 1. The number of guanidine groups is 1. The molecular formula is C23H31FIN5O. The van der Waals surface area contributed by atoms with Gasteiger partial charge in [0.1, 0.15) is 5.82 Å². The molecule has 0 spiro atoms. The molecule has 1 heterocycles. The van der Waals surface area contributed by atoms with Crippen LogP contribution in [-0.2, 0) is 13.0 Å². The molecule has 3 N–H and O–H groups in total. The van der Waals surface area contributed by atoms with Gasteiger partial charge in [0.05, 0.1) is 6.54 Å². The molecule has 2 aromatic rings. The summed E-state index contributed by atoms with van der Waals surface area (Å²) in [6.45, 7) is 5.62. The average molecular weight is 539 g/mol. The molecule has 0 aromatic heterocycles. The molecule has 0 atom stereocenters. The molecule has 0 unspecified atom stereocenters. The highest BCUT2D eigenvalue weighted by molar-refractivity contribution is 14.0. The van der Waals surface area contributed by atoms with E-state index in [4.69, 9.17) is 0 Å². The van der Waals surface area contributed by atoms with Crippen molar-refractivity contribution in [3.05, 3.63) is 65.5 Å². The summed E-state index contributed by atoms with van der Waals surface area (Å²) in [5.74, 6) is 0.506. The third kappa shape index (κ3) is 8.35. The molecule has 0 aliphatic carbocycles. The third-order valence-corrected chi connectivity index (χ3v) is 4.95. The van der Waals surface area contributed by atoms with E-state index in [9.17, 15) is 9.18 Å². The Hall–Kier alpha value is -2.36. The van der Waals surface area contributed by atoms with E-state index in [1.165, 1.54) is 12.1 Å². The van der Waals surface area contributed by atoms with Gasteiger partial charge in [0, 0.05) is 31.9 Å². The zero-order valence-electron chi connectivity index (χ0n) is 17.9. The van der Waals surface area contributed by atoms with Gasteiger partial charge in [-0.25, -0.2) is 14.2 Å². The van der Waals surface area contributed by atoms with Crippen molar-refractivity contribution >= 4 is 41.7 Å². The summed E-state index contributed by atoms with van der Waals surface area (Å²) in [4.78, 5) is 18.8. The highest BCUT2D eigenvalue weighted by atomic mass is 127. The first-order valence-electron chi connectivity index (χ1n) is 10.6. The number of carbonyl (C=O) groups excluding carboxylic acids is 1. The number of halogens is 2. The second kappa shape index (κ2) is 13.1. The van der Waals surface area contributed by atoms with Gasteiger partial charge in [-0.2, -0.15) is 0 Å². The maximum atomic E-state index is 13.0. The van der Waals surface area contributed by atoms with Gasteiger partial charge in [-0.1, -0.05) is 24.3 Å². The van der Waals surface area contributed by atoms with Crippen LogP contribution in [0.3, 0.4) is 0 Å². The number of likely N-dealkylation sites (tertiary alicyclic amines) is 1. The molecule has 2 aromatic carbocycles. The number of amides is 2. The molecule has 2 amide bonds. The molecule has 8 heteroatoms. The fraction of sp³-hybridized carbons (Fsp3) is 0.391. The molecule has 1 fully saturated rings. The summed E-state index contributed by atoms with van der Waals surface area (Å²) in [7, 11) is 0. The van der Waals surface area contributed by atoms with Gasteiger partial charge in [0.2, 0.25) is 0 Å². The first-order valence-corrected chi connectivity index (χ1v) is 10.6. The van der Waals surface area contributed by atoms with Gasteiger partial charge in [-0.05, 0) is 61.6 Å². The minimum absolute atomic E-state index is 0. The fourth-order valence-corrected chi connectivity index (χ4v) is 3.36. The number of aliphatic imine (C=N–C) groups is 1. The smallest absolute Gasteiger partial charge is 0.321 e. The van der Waals surface area contributed by atoms with Crippen molar-refractivity contribution in [1.82, 2.24) is 15.5 Å². The van der Waals surface area contributed by atoms with Crippen molar-refractivity contribution in [2.24, 2.45) is 4.99 Å². The lowest BCUT2D eigenvalue weighted by atomic mass is 10.1. The summed E-state index contributed by atoms with van der Waals surface area (Å²) < 4.78 is 13.0. The number of carbonyl (C=O) groups is 1. The predicted molar refractivity (Wildman–Crippen MR) is 135 cm³/mol. The van der Waals surface area contributed by atoms with Crippen LogP contribution in [-0.4, -0.2) is 43.1 Å². The van der Waals surface area contributed by atoms with Crippen LogP contribution in [0, 0.1) is 5.82 Å². The van der Waals surface area contributed by atoms with E-state index in [-0.39, 0.29) is 35.8 Å². The number of nitrogens with one attached hydrogen (secondary N) is 3. The number of urea groups is 1. The maximum Gasteiger partial charge on any atom is 0.321 e. The number of hydrogen-bond donors (Lipinski definition) is 3. The average Bonchev–Trinajstić information content (AvgIpc) is 3.29. The largest absolute Gasteiger partial charge is 0.357 e. The van der Waals surface area contributed by atoms with E-state index in [2.05, 4.69) is 20.9 Å². The molecule has 31 heavy (non-hydrogen) atoms. The Morgan fingerprint density at radius 1 is 1.06 bits per heavy atom. The number of benzene rings is 2. The first kappa shape index (κ1) is 24.9. The Balaban J connectivity index is 0.00000341. The standard InChI is InChI=1S/C23H30FN5O.HI/c1-2-25-22(26-13-12-18-8-10-20(24)11-9-18)27-17-19-6-5-7-21(16-19)28-23(30)29-14-3-4-15-29;/h5-11,16H,2-4,12-15,17H2,1H3,(H,28,30)(H2,25,26,27);1H. The molecule has 1 aliphatic rings. The molecule has 168 valence electrons. The lowest BCUT2D eigenvalue weighted by Gasteiger charge is -2.16. The Morgan fingerprint density at radius 2 is 1.81 bits per heavy atom. The Morgan fingerprint density at radius 3 is 2.52 bits per heavy atom. The van der Waals surface area contributed by atoms with Crippen LogP contribution in [0.25, 0.3) is 0 Å². The van der Waals surface area contributed by atoms with Crippen LogP contribution >= 0.6 is 24.0 Å². The van der Waals surface area contributed by atoms with Gasteiger partial charge in [-0.3, -0.25) is 0 Å². The summed E-state index contributed by atoms with van der Waals surface area (Å²) >= 11 is 0. The Kier molecular flexibility index (Phi) is 10.6. The van der Waals surface area contributed by atoms with Gasteiger partial charge < -0.3 is 20.9 Å². The van der Waals surface area contributed by atoms with E-state index in [0.29, 0.717) is 13.1 Å². The molecule has 1 aliphatic heterocycles. The minimum atomic E-state index is -0.222. The van der Waals surface area contributed by atoms with Crippen LogP contribution in [0.5, 0.6) is 0 Å². The Labute approximate surface area is 200 Å². The van der Waals surface area contributed by atoms with Crippen LogP contribution in [0.15, 0.2) is 53.5 Å². The molecule has 0 bridgehead atoms. The zero-order chi connectivity index (χ0) is 21.2. The summed E-state index contributed by atoms with van der Waals surface area (Å²) in [5, 5.41) is 9.52. The third-order valence-electron chi connectivity index (χ3n) is 4.95. The van der Waals surface area contributed by atoms with Crippen LogP contribution in [0.2, 0.25) is 0 Å². The van der Waals surface area contributed by atoms with Crippen molar-refractivity contribution in [3.63, 3.8) is 0 Å². The molecule has 1 saturated heterocycles. The first-order chi connectivity index (χ1) is 14.6. The highest BCUT2D eigenvalue weighted by Crippen LogP contribution is 2.14. The van der Waals surface area contributed by atoms with E-state index in [1.54, 1.807) is 12.1 Å². The van der Waals surface area contributed by atoms with E-state index in [0.717, 1.165) is 61.7 Å². The minimum Gasteiger partial charge on any atom is -0.357 e. The van der Waals surface area contributed by atoms with Gasteiger partial charge in [0.15, 0.2) is 5.96 Å². The molecule has 6 nitrogen and oxygen atoms in total. The van der Waals surface area contributed by atoms with Crippen molar-refractivity contribution in [2.75, 3.05) is 31.5 Å².